The van der Waals surface area contributed by atoms with Gasteiger partial charge in [0.2, 0.25) is 0 Å². The van der Waals surface area contributed by atoms with Crippen molar-refractivity contribution in [1.82, 2.24) is 15.5 Å². The third-order valence-corrected chi connectivity index (χ3v) is 5.15. The fourth-order valence-electron chi connectivity index (χ4n) is 2.05. The Labute approximate surface area is 129 Å². The van der Waals surface area contributed by atoms with Crippen LogP contribution >= 0.6 is 23.1 Å². The van der Waals surface area contributed by atoms with Gasteiger partial charge in [-0.25, -0.2) is 0 Å². The summed E-state index contributed by atoms with van der Waals surface area (Å²) in [7, 11) is 0. The molecular weight excluding hydrogens is 286 g/mol. The Morgan fingerprint density at radius 3 is 2.70 bits per heavy atom. The van der Waals surface area contributed by atoms with E-state index < -0.39 is 0 Å². The fourth-order valence-corrected chi connectivity index (χ4v) is 3.97. The van der Waals surface area contributed by atoms with Crippen molar-refractivity contribution in [3.8, 4) is 0 Å². The molecule has 3 nitrogen and oxygen atoms in total. The van der Waals surface area contributed by atoms with E-state index in [4.69, 9.17) is 0 Å². The van der Waals surface area contributed by atoms with Crippen molar-refractivity contribution in [2.45, 2.75) is 37.6 Å². The minimum atomic E-state index is 0.366. The summed E-state index contributed by atoms with van der Waals surface area (Å²) in [5.74, 6) is 0.986. The highest BCUT2D eigenvalue weighted by Gasteiger charge is 2.14. The summed E-state index contributed by atoms with van der Waals surface area (Å²) in [6.07, 6.45) is 1.14. The minimum absolute atomic E-state index is 0.366. The molecule has 0 aliphatic rings. The first kappa shape index (κ1) is 15.5. The molecule has 0 amide bonds. The van der Waals surface area contributed by atoms with Crippen LogP contribution in [0.15, 0.2) is 28.6 Å². The first-order chi connectivity index (χ1) is 9.70. The predicted octanol–water partition coefficient (Wildman–Crippen LogP) is 3.99. The second-order valence-corrected chi connectivity index (χ2v) is 7.21. The molecule has 2 aromatic rings. The first-order valence-corrected chi connectivity index (χ1v) is 8.72. The van der Waals surface area contributed by atoms with Crippen LogP contribution in [-0.4, -0.2) is 22.5 Å². The molecule has 0 aliphatic carbocycles. The fraction of sp³-hybridized carbons (Fsp3) is 0.467. The molecule has 0 fully saturated rings. The normalized spacial score (nSPS) is 12.6. The molecule has 0 saturated carbocycles. The highest BCUT2D eigenvalue weighted by atomic mass is 32.2. The molecule has 1 aromatic carbocycles. The number of aromatic nitrogens is 2. The molecule has 1 aromatic heterocycles. The summed E-state index contributed by atoms with van der Waals surface area (Å²) >= 11 is 3.45. The van der Waals surface area contributed by atoms with Gasteiger partial charge in [0.15, 0.2) is 4.34 Å². The van der Waals surface area contributed by atoms with Gasteiger partial charge in [-0.15, -0.1) is 10.2 Å². The van der Waals surface area contributed by atoms with Crippen molar-refractivity contribution in [3.05, 3.63) is 40.4 Å². The molecule has 0 saturated heterocycles. The van der Waals surface area contributed by atoms with E-state index >= 15 is 0 Å². The second-order valence-electron chi connectivity index (χ2n) is 4.76. The summed E-state index contributed by atoms with van der Waals surface area (Å²) in [4.78, 5) is 0. The van der Waals surface area contributed by atoms with Crippen LogP contribution in [0.2, 0.25) is 0 Å². The standard InChI is InChI=1S/C15H21N3S2/c1-4-9-16-14(13-8-6-5-7-11(13)2)10-19-15-18-17-12(3)20-15/h5-8,14,16H,4,9-10H2,1-3H3. The van der Waals surface area contributed by atoms with Gasteiger partial charge >= 0.3 is 0 Å². The number of thioether (sulfide) groups is 1. The molecule has 0 spiro atoms. The Balaban J connectivity index is 2.05. The van der Waals surface area contributed by atoms with Crippen molar-refractivity contribution >= 4 is 23.1 Å². The molecule has 1 atom stereocenters. The lowest BCUT2D eigenvalue weighted by molar-refractivity contribution is 0.575. The second kappa shape index (κ2) is 7.76. The molecule has 1 heterocycles. The van der Waals surface area contributed by atoms with Gasteiger partial charge in [-0.2, -0.15) is 0 Å². The van der Waals surface area contributed by atoms with Gasteiger partial charge in [0.1, 0.15) is 5.01 Å². The maximum Gasteiger partial charge on any atom is 0.174 e. The smallest absolute Gasteiger partial charge is 0.174 e. The predicted molar refractivity (Wildman–Crippen MR) is 87.6 cm³/mol. The molecule has 108 valence electrons. The molecule has 20 heavy (non-hydrogen) atoms. The number of aryl methyl sites for hydroxylation is 2. The van der Waals surface area contributed by atoms with E-state index in [1.54, 1.807) is 23.1 Å². The number of hydrogen-bond acceptors (Lipinski definition) is 5. The van der Waals surface area contributed by atoms with Gasteiger partial charge in [0.25, 0.3) is 0 Å². The van der Waals surface area contributed by atoms with Gasteiger partial charge in [-0.05, 0) is 37.9 Å². The number of rotatable bonds is 7. The Bertz CT molecular complexity index is 539. The lowest BCUT2D eigenvalue weighted by Gasteiger charge is -2.20. The van der Waals surface area contributed by atoms with Gasteiger partial charge in [-0.3, -0.25) is 0 Å². The van der Waals surface area contributed by atoms with Crippen LogP contribution in [0.1, 0.15) is 35.5 Å². The van der Waals surface area contributed by atoms with E-state index in [-0.39, 0.29) is 0 Å². The Morgan fingerprint density at radius 1 is 1.25 bits per heavy atom. The monoisotopic (exact) mass is 307 g/mol. The molecule has 2 rings (SSSR count). The zero-order valence-electron chi connectivity index (χ0n) is 12.2. The van der Waals surface area contributed by atoms with Crippen molar-refractivity contribution in [2.75, 3.05) is 12.3 Å². The van der Waals surface area contributed by atoms with E-state index in [9.17, 15) is 0 Å². The number of nitrogens with one attached hydrogen (secondary N) is 1. The molecule has 5 heteroatoms. The van der Waals surface area contributed by atoms with E-state index in [1.165, 1.54) is 11.1 Å². The van der Waals surface area contributed by atoms with E-state index in [1.807, 2.05) is 6.92 Å². The Hall–Kier alpha value is -0.910. The lowest BCUT2D eigenvalue weighted by atomic mass is 10.0. The van der Waals surface area contributed by atoms with Gasteiger partial charge in [0, 0.05) is 11.8 Å². The van der Waals surface area contributed by atoms with Crippen LogP contribution in [0, 0.1) is 13.8 Å². The molecular formula is C15H21N3S2. The zero-order valence-corrected chi connectivity index (χ0v) is 13.9. The van der Waals surface area contributed by atoms with Crippen molar-refractivity contribution in [1.29, 1.82) is 0 Å². The molecule has 1 unspecified atom stereocenters. The summed E-state index contributed by atoms with van der Waals surface area (Å²) < 4.78 is 1.05. The molecule has 0 bridgehead atoms. The van der Waals surface area contributed by atoms with Crippen LogP contribution in [0.5, 0.6) is 0 Å². The van der Waals surface area contributed by atoms with Crippen LogP contribution in [-0.2, 0) is 0 Å². The van der Waals surface area contributed by atoms with Gasteiger partial charge < -0.3 is 5.32 Å². The summed E-state index contributed by atoms with van der Waals surface area (Å²) in [5, 5.41) is 12.9. The topological polar surface area (TPSA) is 37.8 Å². The first-order valence-electron chi connectivity index (χ1n) is 6.92. The van der Waals surface area contributed by atoms with E-state index in [2.05, 4.69) is 53.6 Å². The number of nitrogens with zero attached hydrogens (tertiary/aromatic N) is 2. The Morgan fingerprint density at radius 2 is 2.05 bits per heavy atom. The average Bonchev–Trinajstić information content (AvgIpc) is 2.86. The molecule has 1 N–H and O–H groups in total. The van der Waals surface area contributed by atoms with E-state index in [0.29, 0.717) is 6.04 Å². The third kappa shape index (κ3) is 4.30. The van der Waals surface area contributed by atoms with Crippen LogP contribution in [0.25, 0.3) is 0 Å². The number of hydrogen-bond donors (Lipinski definition) is 1. The molecule has 0 radical (unpaired) electrons. The number of benzene rings is 1. The maximum absolute atomic E-state index is 4.19. The van der Waals surface area contributed by atoms with Crippen LogP contribution < -0.4 is 5.32 Å². The van der Waals surface area contributed by atoms with Gasteiger partial charge in [-0.1, -0.05) is 54.3 Å². The highest BCUT2D eigenvalue weighted by Crippen LogP contribution is 2.28. The zero-order chi connectivity index (χ0) is 14.4. The summed E-state index contributed by atoms with van der Waals surface area (Å²) in [5.41, 5.74) is 2.73. The van der Waals surface area contributed by atoms with Crippen molar-refractivity contribution in [2.24, 2.45) is 0 Å². The SMILES string of the molecule is CCCNC(CSc1nnc(C)s1)c1ccccc1C. The van der Waals surface area contributed by atoms with Crippen molar-refractivity contribution < 1.29 is 0 Å². The summed E-state index contributed by atoms with van der Waals surface area (Å²) in [6.45, 7) is 7.41. The largest absolute Gasteiger partial charge is 0.309 e. The molecule has 0 aliphatic heterocycles. The van der Waals surface area contributed by atoms with E-state index in [0.717, 1.165) is 28.1 Å². The quantitative estimate of drug-likeness (QED) is 0.785. The minimum Gasteiger partial charge on any atom is -0.309 e. The summed E-state index contributed by atoms with van der Waals surface area (Å²) in [6, 6.07) is 8.97. The van der Waals surface area contributed by atoms with Crippen molar-refractivity contribution in [3.63, 3.8) is 0 Å². The van der Waals surface area contributed by atoms with Crippen LogP contribution in [0.4, 0.5) is 0 Å². The highest BCUT2D eigenvalue weighted by molar-refractivity contribution is 8.01. The Kier molecular flexibility index (Phi) is 6.01. The van der Waals surface area contributed by atoms with Gasteiger partial charge in [0.05, 0.1) is 0 Å². The van der Waals surface area contributed by atoms with Crippen LogP contribution in [0.3, 0.4) is 0 Å². The maximum atomic E-state index is 4.19. The lowest BCUT2D eigenvalue weighted by Crippen LogP contribution is -2.24. The third-order valence-electron chi connectivity index (χ3n) is 3.09. The average molecular weight is 307 g/mol.